The lowest BCUT2D eigenvalue weighted by Gasteiger charge is -2.41. The fourth-order valence-electron chi connectivity index (χ4n) is 4.19. The molecule has 3 rings (SSSR count). The normalized spacial score (nSPS) is 32.4. The molecular weight excluding hydrogens is 296 g/mol. The molecule has 0 spiro atoms. The molecule has 23 heavy (non-hydrogen) atoms. The first-order valence-electron chi connectivity index (χ1n) is 9.06. The van der Waals surface area contributed by atoms with Crippen molar-refractivity contribution in [2.75, 3.05) is 39.4 Å². The van der Waals surface area contributed by atoms with E-state index in [4.69, 9.17) is 4.74 Å². The average Bonchev–Trinajstić information content (AvgIpc) is 2.95. The first-order valence-corrected chi connectivity index (χ1v) is 9.06. The van der Waals surface area contributed by atoms with Crippen LogP contribution in [-0.4, -0.2) is 83.1 Å². The number of β-amino-alcohol motifs (C(OH)–C–C–N with tert-alkyl or cyclic N) is 1. The topological polar surface area (TPSA) is 73.2 Å². The number of ether oxygens (including phenoxy) is 1. The van der Waals surface area contributed by atoms with Crippen molar-refractivity contribution < 1.29 is 19.7 Å². The fourth-order valence-corrected chi connectivity index (χ4v) is 4.19. The molecule has 0 aromatic rings. The number of aliphatic hydroxyl groups is 2. The minimum atomic E-state index is -0.849. The van der Waals surface area contributed by atoms with Gasteiger partial charge in [-0.05, 0) is 25.7 Å². The van der Waals surface area contributed by atoms with Gasteiger partial charge in [0.15, 0.2) is 0 Å². The summed E-state index contributed by atoms with van der Waals surface area (Å²) < 4.78 is 5.23. The Morgan fingerprint density at radius 3 is 2.70 bits per heavy atom. The highest BCUT2D eigenvalue weighted by molar-refractivity contribution is 5.77. The Morgan fingerprint density at radius 1 is 1.26 bits per heavy atom. The minimum Gasteiger partial charge on any atom is -0.392 e. The fraction of sp³-hybridized carbons (Fsp3) is 0.941. The van der Waals surface area contributed by atoms with Crippen LogP contribution in [0.5, 0.6) is 0 Å². The molecule has 3 aliphatic rings. The Bertz CT molecular complexity index is 403. The summed E-state index contributed by atoms with van der Waals surface area (Å²) in [6.45, 7) is 4.27. The predicted octanol–water partition coefficient (Wildman–Crippen LogP) is 0.366. The van der Waals surface area contributed by atoms with Crippen LogP contribution in [0.15, 0.2) is 0 Å². The van der Waals surface area contributed by atoms with Crippen molar-refractivity contribution in [3.63, 3.8) is 0 Å². The molecule has 0 radical (unpaired) electrons. The number of carbonyl (C=O) groups is 1. The lowest BCUT2D eigenvalue weighted by Crippen LogP contribution is -2.50. The van der Waals surface area contributed by atoms with E-state index in [0.717, 1.165) is 45.3 Å². The average molecular weight is 326 g/mol. The second-order valence-corrected chi connectivity index (χ2v) is 7.46. The van der Waals surface area contributed by atoms with E-state index in [9.17, 15) is 15.0 Å². The quantitative estimate of drug-likeness (QED) is 0.763. The third kappa shape index (κ3) is 4.44. The molecular formula is C17H30N2O4. The second-order valence-electron chi connectivity index (χ2n) is 7.46. The Balaban J connectivity index is 1.41. The van der Waals surface area contributed by atoms with Crippen LogP contribution in [-0.2, 0) is 9.53 Å². The van der Waals surface area contributed by atoms with Gasteiger partial charge in [-0.3, -0.25) is 4.79 Å². The van der Waals surface area contributed by atoms with Crippen LogP contribution in [0.3, 0.4) is 0 Å². The van der Waals surface area contributed by atoms with Crippen LogP contribution in [0, 0.1) is 0 Å². The molecule has 3 heterocycles. The zero-order valence-electron chi connectivity index (χ0n) is 14.0. The number of likely N-dealkylation sites (tertiary alicyclic amines) is 2. The van der Waals surface area contributed by atoms with Gasteiger partial charge in [-0.15, -0.1) is 0 Å². The minimum absolute atomic E-state index is 0.318. The monoisotopic (exact) mass is 326 g/mol. The Morgan fingerprint density at radius 2 is 2.04 bits per heavy atom. The van der Waals surface area contributed by atoms with E-state index in [1.165, 1.54) is 0 Å². The number of aliphatic hydroxyl groups excluding tert-OH is 1. The summed E-state index contributed by atoms with van der Waals surface area (Å²) >= 11 is 0. The van der Waals surface area contributed by atoms with Crippen LogP contribution in [0.4, 0.5) is 0 Å². The summed E-state index contributed by atoms with van der Waals surface area (Å²) in [6, 6.07) is 0.378. The third-order valence-corrected chi connectivity index (χ3v) is 5.52. The summed E-state index contributed by atoms with van der Waals surface area (Å²) in [4.78, 5) is 16.4. The van der Waals surface area contributed by atoms with Crippen LogP contribution in [0.1, 0.15) is 44.9 Å². The van der Waals surface area contributed by atoms with E-state index in [1.807, 2.05) is 0 Å². The molecule has 0 bridgehead atoms. The van der Waals surface area contributed by atoms with E-state index in [2.05, 4.69) is 9.80 Å². The summed E-state index contributed by atoms with van der Waals surface area (Å²) in [5, 5.41) is 20.5. The van der Waals surface area contributed by atoms with Crippen molar-refractivity contribution >= 4 is 5.91 Å². The molecule has 0 aliphatic carbocycles. The van der Waals surface area contributed by atoms with Crippen LogP contribution in [0.25, 0.3) is 0 Å². The van der Waals surface area contributed by atoms with Crippen molar-refractivity contribution in [3.8, 4) is 0 Å². The number of hydrogen-bond acceptors (Lipinski definition) is 5. The highest BCUT2D eigenvalue weighted by atomic mass is 16.5. The molecule has 3 saturated heterocycles. The zero-order chi connectivity index (χ0) is 16.3. The maximum atomic E-state index is 12.0. The molecule has 0 saturated carbocycles. The van der Waals surface area contributed by atoms with Gasteiger partial charge in [-0.2, -0.15) is 0 Å². The second kappa shape index (κ2) is 7.47. The van der Waals surface area contributed by atoms with Crippen molar-refractivity contribution in [3.05, 3.63) is 0 Å². The zero-order valence-corrected chi connectivity index (χ0v) is 14.0. The van der Waals surface area contributed by atoms with E-state index < -0.39 is 11.7 Å². The molecule has 6 heteroatoms. The number of hydrogen-bond donors (Lipinski definition) is 2. The van der Waals surface area contributed by atoms with Gasteiger partial charge in [0.05, 0.1) is 18.3 Å². The van der Waals surface area contributed by atoms with Gasteiger partial charge in [-0.25, -0.2) is 0 Å². The summed E-state index contributed by atoms with van der Waals surface area (Å²) in [5.41, 5.74) is -0.849. The van der Waals surface area contributed by atoms with Gasteiger partial charge in [-0.1, -0.05) is 0 Å². The molecule has 1 amide bonds. The summed E-state index contributed by atoms with van der Waals surface area (Å²) in [6.07, 6.45) is 5.34. The molecule has 0 aromatic carbocycles. The maximum absolute atomic E-state index is 12.0. The molecule has 132 valence electrons. The van der Waals surface area contributed by atoms with Crippen molar-refractivity contribution in [2.24, 2.45) is 0 Å². The molecule has 3 aliphatic heterocycles. The Hall–Kier alpha value is -0.690. The maximum Gasteiger partial charge on any atom is 0.222 e. The third-order valence-electron chi connectivity index (χ3n) is 5.52. The van der Waals surface area contributed by atoms with Crippen LogP contribution < -0.4 is 0 Å². The number of piperidine rings is 2. The highest BCUT2D eigenvalue weighted by Crippen LogP contribution is 2.25. The lowest BCUT2D eigenvalue weighted by atomic mass is 9.94. The summed E-state index contributed by atoms with van der Waals surface area (Å²) in [5.74, 6) is 0.318. The predicted molar refractivity (Wildman–Crippen MR) is 86.0 cm³/mol. The summed E-state index contributed by atoms with van der Waals surface area (Å²) in [7, 11) is 0. The van der Waals surface area contributed by atoms with E-state index in [-0.39, 0.29) is 0 Å². The number of carbonyl (C=O) groups excluding carboxylic acids is 1. The molecule has 2 atom stereocenters. The van der Waals surface area contributed by atoms with Gasteiger partial charge in [0, 0.05) is 58.1 Å². The van der Waals surface area contributed by atoms with Crippen molar-refractivity contribution in [2.45, 2.75) is 62.7 Å². The molecule has 6 nitrogen and oxygen atoms in total. The van der Waals surface area contributed by atoms with Crippen LogP contribution in [0.2, 0.25) is 0 Å². The van der Waals surface area contributed by atoms with Gasteiger partial charge in [0.1, 0.15) is 0 Å². The van der Waals surface area contributed by atoms with E-state index in [1.54, 1.807) is 0 Å². The van der Waals surface area contributed by atoms with Crippen LogP contribution >= 0.6 is 0 Å². The molecule has 2 N–H and O–H groups in total. The Labute approximate surface area is 138 Å². The molecule has 2 unspecified atom stereocenters. The smallest absolute Gasteiger partial charge is 0.222 e. The van der Waals surface area contributed by atoms with Gasteiger partial charge < -0.3 is 24.7 Å². The molecule has 0 aromatic heterocycles. The number of rotatable bonds is 5. The number of nitrogens with zero attached hydrogens (tertiary/aromatic N) is 2. The van der Waals surface area contributed by atoms with Gasteiger partial charge in [0.25, 0.3) is 0 Å². The SMILES string of the molecule is O=C1CCCCN1C1CCN(CC(O)CC2(O)CCOC2)CC1. The van der Waals surface area contributed by atoms with Crippen molar-refractivity contribution in [1.82, 2.24) is 9.80 Å². The Kier molecular flexibility index (Phi) is 5.57. The van der Waals surface area contributed by atoms with Gasteiger partial charge >= 0.3 is 0 Å². The molecule has 3 fully saturated rings. The largest absolute Gasteiger partial charge is 0.392 e. The van der Waals surface area contributed by atoms with Gasteiger partial charge in [0.2, 0.25) is 5.91 Å². The first-order chi connectivity index (χ1) is 11.1. The highest BCUT2D eigenvalue weighted by Gasteiger charge is 2.35. The van der Waals surface area contributed by atoms with E-state index >= 15 is 0 Å². The standard InChI is InChI=1S/C17H30N2O4/c20-15(11-17(22)6-10-23-13-17)12-18-8-4-14(5-9-18)19-7-2-1-3-16(19)21/h14-15,20,22H,1-13H2. The number of amides is 1. The van der Waals surface area contributed by atoms with E-state index in [0.29, 0.717) is 51.0 Å². The lowest BCUT2D eigenvalue weighted by molar-refractivity contribution is -0.137. The van der Waals surface area contributed by atoms with Crippen molar-refractivity contribution in [1.29, 1.82) is 0 Å². The first kappa shape index (κ1) is 17.1.